The molecule has 0 bridgehead atoms. The van der Waals surface area contributed by atoms with Gasteiger partial charge in [-0.2, -0.15) is 0 Å². The van der Waals surface area contributed by atoms with Crippen molar-refractivity contribution in [3.63, 3.8) is 0 Å². The van der Waals surface area contributed by atoms with Crippen molar-refractivity contribution in [2.75, 3.05) is 7.11 Å². The molecule has 0 aliphatic carbocycles. The van der Waals surface area contributed by atoms with Gasteiger partial charge in [0, 0.05) is 7.11 Å². The molecular formula is C7H11O7P-2. The monoisotopic (exact) mass is 238 g/mol. The van der Waals surface area contributed by atoms with Crippen LogP contribution in [0.1, 0.15) is 0 Å². The van der Waals surface area contributed by atoms with Crippen molar-refractivity contribution in [3.8, 4) is 0 Å². The molecule has 2 N–H and O–H groups in total. The van der Waals surface area contributed by atoms with E-state index in [1.54, 1.807) is 0 Å². The van der Waals surface area contributed by atoms with E-state index >= 15 is 0 Å². The van der Waals surface area contributed by atoms with Gasteiger partial charge in [-0.15, -0.1) is 0 Å². The van der Waals surface area contributed by atoms with Gasteiger partial charge in [0.05, 0.1) is 0 Å². The van der Waals surface area contributed by atoms with Crippen LogP contribution in [0.5, 0.6) is 0 Å². The van der Waals surface area contributed by atoms with Gasteiger partial charge in [0.1, 0.15) is 18.3 Å². The number of aliphatic hydroxyl groups excluding tert-OH is 2. The fourth-order valence-corrected chi connectivity index (χ4v) is 1.66. The number of aliphatic hydroxyl groups is 2. The molecule has 8 heteroatoms. The molecule has 1 aliphatic rings. The summed E-state index contributed by atoms with van der Waals surface area (Å²) >= 11 is 0. The van der Waals surface area contributed by atoms with E-state index in [9.17, 15) is 24.6 Å². The van der Waals surface area contributed by atoms with Gasteiger partial charge in [0.2, 0.25) is 0 Å². The summed E-state index contributed by atoms with van der Waals surface area (Å²) in [4.78, 5) is 20.6. The zero-order chi connectivity index (χ0) is 11.6. The Morgan fingerprint density at radius 3 is 2.47 bits per heavy atom. The van der Waals surface area contributed by atoms with E-state index in [-0.39, 0.29) is 0 Å². The molecule has 0 aromatic heterocycles. The van der Waals surface area contributed by atoms with Crippen LogP contribution in [0, 0.1) is 0 Å². The second-order valence-corrected chi connectivity index (χ2v) is 4.44. The van der Waals surface area contributed by atoms with E-state index in [2.05, 4.69) is 0 Å². The lowest BCUT2D eigenvalue weighted by Crippen LogP contribution is -2.33. The Morgan fingerprint density at radius 2 is 2.07 bits per heavy atom. The van der Waals surface area contributed by atoms with E-state index in [0.29, 0.717) is 5.82 Å². The zero-order valence-electron chi connectivity index (χ0n) is 7.85. The number of ether oxygens (including phenoxy) is 2. The third kappa shape index (κ3) is 3.35. The molecule has 4 atom stereocenters. The summed E-state index contributed by atoms with van der Waals surface area (Å²) in [5, 5.41) is 18.7. The first-order chi connectivity index (χ1) is 6.85. The van der Waals surface area contributed by atoms with E-state index < -0.39 is 32.2 Å². The maximum Gasteiger partial charge on any atom is 0.184 e. The van der Waals surface area contributed by atoms with Crippen LogP contribution >= 0.6 is 7.60 Å². The molecule has 0 amide bonds. The Bertz CT molecular complexity index is 285. The zero-order valence-corrected chi connectivity index (χ0v) is 8.74. The average Bonchev–Trinajstić information content (AvgIpc) is 2.37. The molecule has 0 radical (unpaired) electrons. The van der Waals surface area contributed by atoms with Crippen molar-refractivity contribution in [3.05, 3.63) is 11.9 Å². The highest BCUT2D eigenvalue weighted by molar-refractivity contribution is 7.52. The van der Waals surface area contributed by atoms with E-state index in [1.807, 2.05) is 0 Å². The normalized spacial score (nSPS) is 37.7. The SMILES string of the molecule is CO[C@H]1C(O)[C@@H](/C=C/P(=O)([O-])[O-])O[C@H]1O. The highest BCUT2D eigenvalue weighted by atomic mass is 31.2. The molecule has 1 saturated heterocycles. The van der Waals surface area contributed by atoms with Crippen molar-refractivity contribution in [1.82, 2.24) is 0 Å². The summed E-state index contributed by atoms with van der Waals surface area (Å²) < 4.78 is 19.8. The highest BCUT2D eigenvalue weighted by Crippen LogP contribution is 2.28. The summed E-state index contributed by atoms with van der Waals surface area (Å²) in [6, 6.07) is 0. The van der Waals surface area contributed by atoms with Crippen LogP contribution in [0.4, 0.5) is 0 Å². The molecular weight excluding hydrogens is 227 g/mol. The van der Waals surface area contributed by atoms with Crippen molar-refractivity contribution < 1.29 is 34.0 Å². The van der Waals surface area contributed by atoms with Gasteiger partial charge >= 0.3 is 0 Å². The molecule has 7 nitrogen and oxygen atoms in total. The second-order valence-electron chi connectivity index (χ2n) is 3.06. The van der Waals surface area contributed by atoms with Crippen molar-refractivity contribution in [2.24, 2.45) is 0 Å². The van der Waals surface area contributed by atoms with Crippen molar-refractivity contribution in [1.29, 1.82) is 0 Å². The Hall–Kier alpha value is -0.270. The third-order valence-electron chi connectivity index (χ3n) is 1.98. The quantitative estimate of drug-likeness (QED) is 0.521. The van der Waals surface area contributed by atoms with Crippen LogP contribution in [-0.4, -0.2) is 41.9 Å². The summed E-state index contributed by atoms with van der Waals surface area (Å²) in [6.07, 6.45) is -3.71. The minimum absolute atomic E-state index is 0.394. The largest absolute Gasteiger partial charge is 0.808 e. The van der Waals surface area contributed by atoms with Gasteiger partial charge in [-0.05, 0) is 7.60 Å². The topological polar surface area (TPSA) is 122 Å². The summed E-state index contributed by atoms with van der Waals surface area (Å²) in [6.45, 7) is 0. The predicted molar refractivity (Wildman–Crippen MR) is 44.4 cm³/mol. The summed E-state index contributed by atoms with van der Waals surface area (Å²) in [7, 11) is -3.52. The number of hydrogen-bond acceptors (Lipinski definition) is 7. The number of hydrogen-bond donors (Lipinski definition) is 2. The summed E-state index contributed by atoms with van der Waals surface area (Å²) in [5.41, 5.74) is 0. The predicted octanol–water partition coefficient (Wildman–Crippen LogP) is -2.49. The number of methoxy groups -OCH3 is 1. The van der Waals surface area contributed by atoms with Crippen LogP contribution in [0.15, 0.2) is 11.9 Å². The van der Waals surface area contributed by atoms with Crippen LogP contribution in [0.3, 0.4) is 0 Å². The van der Waals surface area contributed by atoms with Gasteiger partial charge in [-0.1, -0.05) is 11.9 Å². The van der Waals surface area contributed by atoms with Gasteiger partial charge in [0.15, 0.2) is 6.29 Å². The van der Waals surface area contributed by atoms with Crippen LogP contribution in [0.2, 0.25) is 0 Å². The molecule has 15 heavy (non-hydrogen) atoms. The molecule has 1 rings (SSSR count). The lowest BCUT2D eigenvalue weighted by atomic mass is 10.1. The third-order valence-corrected chi connectivity index (χ3v) is 2.52. The highest BCUT2D eigenvalue weighted by Gasteiger charge is 2.41. The first kappa shape index (κ1) is 12.8. The standard InChI is InChI=1S/C7H13O7P/c1-13-6-5(8)4(14-7(6)9)2-3-15(10,11)12/h2-9H,1H3,(H2,10,11,12)/p-2/b3-2+/t4-,5?,6+,7-/m1/s1. The van der Waals surface area contributed by atoms with Gasteiger partial charge < -0.3 is 34.0 Å². The van der Waals surface area contributed by atoms with Crippen molar-refractivity contribution >= 4 is 7.60 Å². The molecule has 1 heterocycles. The molecule has 1 fully saturated rings. The first-order valence-electron chi connectivity index (χ1n) is 4.10. The van der Waals surface area contributed by atoms with Crippen LogP contribution < -0.4 is 9.79 Å². The molecule has 0 aromatic carbocycles. The maximum atomic E-state index is 10.3. The van der Waals surface area contributed by atoms with Crippen LogP contribution in [0.25, 0.3) is 0 Å². The lowest BCUT2D eigenvalue weighted by Gasteiger charge is -2.25. The minimum Gasteiger partial charge on any atom is -0.808 e. The van der Waals surface area contributed by atoms with Crippen LogP contribution in [-0.2, 0) is 14.0 Å². The molecule has 0 spiro atoms. The Morgan fingerprint density at radius 1 is 1.47 bits per heavy atom. The van der Waals surface area contributed by atoms with E-state index in [0.717, 1.165) is 6.08 Å². The van der Waals surface area contributed by atoms with Gasteiger partial charge in [-0.3, -0.25) is 0 Å². The lowest BCUT2D eigenvalue weighted by molar-refractivity contribution is -0.308. The van der Waals surface area contributed by atoms with E-state index in [4.69, 9.17) is 9.47 Å². The fourth-order valence-electron chi connectivity index (χ4n) is 1.28. The molecule has 1 aliphatic heterocycles. The van der Waals surface area contributed by atoms with Crippen molar-refractivity contribution in [2.45, 2.75) is 24.6 Å². The number of rotatable bonds is 3. The summed E-state index contributed by atoms with van der Waals surface area (Å²) in [5.74, 6) is 0.394. The van der Waals surface area contributed by atoms with Gasteiger partial charge in [-0.25, -0.2) is 0 Å². The molecule has 0 saturated carbocycles. The Kier molecular flexibility index (Phi) is 4.02. The minimum atomic E-state index is -4.79. The van der Waals surface area contributed by atoms with Gasteiger partial charge in [0.25, 0.3) is 0 Å². The Balaban J connectivity index is 2.67. The van der Waals surface area contributed by atoms with E-state index in [1.165, 1.54) is 7.11 Å². The fraction of sp³-hybridized carbons (Fsp3) is 0.714. The maximum absolute atomic E-state index is 10.3. The second kappa shape index (κ2) is 4.71. The Labute approximate surface area is 86.1 Å². The first-order valence-corrected chi connectivity index (χ1v) is 5.72. The molecule has 88 valence electrons. The molecule has 1 unspecified atom stereocenters. The smallest absolute Gasteiger partial charge is 0.184 e. The average molecular weight is 238 g/mol. The molecule has 0 aromatic rings.